The summed E-state index contributed by atoms with van der Waals surface area (Å²) in [5.41, 5.74) is 0. The molecule has 0 aliphatic carbocycles. The Hall–Kier alpha value is -1.21. The number of ketones is 1. The zero-order valence-corrected chi connectivity index (χ0v) is 10.6. The van der Waals surface area contributed by atoms with Crippen molar-refractivity contribution in [3.05, 3.63) is 0 Å². The molecule has 1 heteroatoms. The quantitative estimate of drug-likeness (QED) is 0.377. The third-order valence-corrected chi connectivity index (χ3v) is 2.21. The predicted molar refractivity (Wildman–Crippen MR) is 68.8 cm³/mol. The van der Waals surface area contributed by atoms with Gasteiger partial charge in [0.2, 0.25) is 0 Å². The molecule has 0 aliphatic heterocycles. The van der Waals surface area contributed by atoms with Crippen LogP contribution >= 0.6 is 0 Å². The van der Waals surface area contributed by atoms with Gasteiger partial charge in [-0.2, -0.15) is 0 Å². The summed E-state index contributed by atoms with van der Waals surface area (Å²) in [4.78, 5) is 11.2. The molecule has 0 spiro atoms. The van der Waals surface area contributed by atoms with Gasteiger partial charge in [-0.3, -0.25) is 4.79 Å². The number of Topliss-reactive ketones (excluding diaryl/α,β-unsaturated/α-hetero) is 1. The van der Waals surface area contributed by atoms with Crippen molar-refractivity contribution in [2.45, 2.75) is 65.2 Å². The van der Waals surface area contributed by atoms with Crippen LogP contribution in [0.25, 0.3) is 0 Å². The number of rotatable bonds is 6. The van der Waals surface area contributed by atoms with Crippen LogP contribution in [0.15, 0.2) is 0 Å². The van der Waals surface area contributed by atoms with Gasteiger partial charge in [-0.05, 0) is 24.7 Å². The maximum atomic E-state index is 11.2. The molecule has 0 aromatic heterocycles. The summed E-state index contributed by atoms with van der Waals surface area (Å²) in [6, 6.07) is 0. The van der Waals surface area contributed by atoms with E-state index in [0.717, 1.165) is 25.7 Å². The average Bonchev–Trinajstić information content (AvgIpc) is 2.28. The van der Waals surface area contributed by atoms with Crippen molar-refractivity contribution in [2.24, 2.45) is 0 Å². The summed E-state index contributed by atoms with van der Waals surface area (Å²) in [6.45, 7) is 4.31. The van der Waals surface area contributed by atoms with Crippen LogP contribution in [-0.4, -0.2) is 5.78 Å². The molecule has 0 N–H and O–H groups in total. The lowest BCUT2D eigenvalue weighted by Gasteiger charge is -1.88. The molecule has 1 nitrogen and oxygen atoms in total. The van der Waals surface area contributed by atoms with Gasteiger partial charge in [-0.25, -0.2) is 0 Å². The second-order valence-electron chi connectivity index (χ2n) is 3.85. The van der Waals surface area contributed by atoms with Gasteiger partial charge < -0.3 is 0 Å². The van der Waals surface area contributed by atoms with E-state index in [1.807, 2.05) is 0 Å². The molecule has 0 heterocycles. The van der Waals surface area contributed by atoms with Gasteiger partial charge in [-0.1, -0.05) is 51.4 Å². The fourth-order valence-electron chi connectivity index (χ4n) is 1.24. The van der Waals surface area contributed by atoms with Gasteiger partial charge >= 0.3 is 0 Å². The van der Waals surface area contributed by atoms with E-state index in [2.05, 4.69) is 37.5 Å². The first-order valence-electron chi connectivity index (χ1n) is 6.33. The maximum absolute atomic E-state index is 11.2. The van der Waals surface area contributed by atoms with Crippen LogP contribution in [0.5, 0.6) is 0 Å². The van der Waals surface area contributed by atoms with Gasteiger partial charge in [-0.15, -0.1) is 0 Å². The Morgan fingerprint density at radius 2 is 1.25 bits per heavy atom. The molecule has 0 unspecified atom stereocenters. The van der Waals surface area contributed by atoms with E-state index >= 15 is 0 Å². The van der Waals surface area contributed by atoms with E-state index in [9.17, 15) is 4.79 Å². The number of carbonyl (C=O) groups is 1. The van der Waals surface area contributed by atoms with Crippen LogP contribution in [0, 0.1) is 23.7 Å². The molecule has 0 aromatic carbocycles. The number of unbranched alkanes of at least 4 members (excludes halogenated alkanes) is 6. The summed E-state index contributed by atoms with van der Waals surface area (Å²) in [5.74, 6) is 10.7. The Balaban J connectivity index is 3.63. The largest absolute Gasteiger partial charge is 0.279 e. The van der Waals surface area contributed by atoms with E-state index in [0.29, 0.717) is 0 Å². The Kier molecular flexibility index (Phi) is 11.0. The third kappa shape index (κ3) is 10.9. The topological polar surface area (TPSA) is 17.1 Å². The lowest BCUT2D eigenvalue weighted by atomic mass is 10.2. The Bertz CT molecular complexity index is 263. The number of hydrogen-bond acceptors (Lipinski definition) is 1. The summed E-state index contributed by atoms with van der Waals surface area (Å²) < 4.78 is 0. The van der Waals surface area contributed by atoms with Gasteiger partial charge in [0.15, 0.2) is 0 Å². The van der Waals surface area contributed by atoms with E-state index in [1.54, 1.807) is 0 Å². The zero-order valence-electron chi connectivity index (χ0n) is 10.6. The molecule has 16 heavy (non-hydrogen) atoms. The molecular weight excluding hydrogens is 196 g/mol. The van der Waals surface area contributed by atoms with Crippen molar-refractivity contribution >= 4 is 5.78 Å². The van der Waals surface area contributed by atoms with Crippen LogP contribution in [-0.2, 0) is 4.79 Å². The highest BCUT2D eigenvalue weighted by atomic mass is 16.1. The van der Waals surface area contributed by atoms with Crippen molar-refractivity contribution in [3.63, 3.8) is 0 Å². The highest BCUT2D eigenvalue weighted by molar-refractivity contribution is 6.08. The molecule has 0 rings (SSSR count). The van der Waals surface area contributed by atoms with E-state index in [1.165, 1.54) is 25.7 Å². The highest BCUT2D eigenvalue weighted by Gasteiger charge is 1.87. The summed E-state index contributed by atoms with van der Waals surface area (Å²) in [5, 5.41) is 0. The van der Waals surface area contributed by atoms with E-state index in [-0.39, 0.29) is 5.78 Å². The van der Waals surface area contributed by atoms with Crippen LogP contribution in [0.1, 0.15) is 65.2 Å². The number of carbonyl (C=O) groups excluding carboxylic acids is 1. The average molecular weight is 218 g/mol. The Labute approximate surface area is 100 Å². The molecule has 0 aromatic rings. The second-order valence-corrected chi connectivity index (χ2v) is 3.85. The molecule has 0 fully saturated rings. The lowest BCUT2D eigenvalue weighted by Crippen LogP contribution is -1.86. The van der Waals surface area contributed by atoms with Crippen molar-refractivity contribution in [1.29, 1.82) is 0 Å². The molecule has 0 saturated carbocycles. The Morgan fingerprint density at radius 3 is 1.62 bits per heavy atom. The second kappa shape index (κ2) is 11.9. The highest BCUT2D eigenvalue weighted by Crippen LogP contribution is 1.97. The molecule has 0 saturated heterocycles. The minimum Gasteiger partial charge on any atom is -0.270 e. The normalized spacial score (nSPS) is 8.62. The van der Waals surface area contributed by atoms with Crippen LogP contribution in [0.3, 0.4) is 0 Å². The summed E-state index contributed by atoms with van der Waals surface area (Å²) in [6.07, 6.45) is 8.55. The molecule has 0 amide bonds. The van der Waals surface area contributed by atoms with Gasteiger partial charge in [0.25, 0.3) is 5.78 Å². The van der Waals surface area contributed by atoms with Crippen molar-refractivity contribution in [2.75, 3.05) is 0 Å². The van der Waals surface area contributed by atoms with Gasteiger partial charge in [0.05, 0.1) is 0 Å². The fraction of sp³-hybridized carbons (Fsp3) is 0.667. The van der Waals surface area contributed by atoms with E-state index in [4.69, 9.17) is 0 Å². The molecule has 0 aliphatic rings. The third-order valence-electron chi connectivity index (χ3n) is 2.21. The van der Waals surface area contributed by atoms with Crippen LogP contribution < -0.4 is 0 Å². The van der Waals surface area contributed by atoms with Crippen molar-refractivity contribution in [3.8, 4) is 23.7 Å². The number of hydrogen-bond donors (Lipinski definition) is 0. The SMILES string of the molecule is CCCCCC#CC(=O)C#CCCCCC. The summed E-state index contributed by atoms with van der Waals surface area (Å²) >= 11 is 0. The van der Waals surface area contributed by atoms with Gasteiger partial charge in [0, 0.05) is 12.8 Å². The monoisotopic (exact) mass is 218 g/mol. The first kappa shape index (κ1) is 14.8. The molecule has 88 valence electrons. The zero-order chi connectivity index (χ0) is 12.1. The van der Waals surface area contributed by atoms with Gasteiger partial charge in [0.1, 0.15) is 0 Å². The Morgan fingerprint density at radius 1 is 0.812 bits per heavy atom. The molecule has 0 radical (unpaired) electrons. The first-order chi connectivity index (χ1) is 7.81. The van der Waals surface area contributed by atoms with E-state index < -0.39 is 0 Å². The molecule has 0 bridgehead atoms. The molecular formula is C15H22O. The lowest BCUT2D eigenvalue weighted by molar-refractivity contribution is -0.108. The fourth-order valence-corrected chi connectivity index (χ4v) is 1.24. The molecule has 0 atom stereocenters. The minimum absolute atomic E-state index is 0.229. The van der Waals surface area contributed by atoms with Crippen LogP contribution in [0.2, 0.25) is 0 Å². The van der Waals surface area contributed by atoms with Crippen molar-refractivity contribution < 1.29 is 4.79 Å². The standard InChI is InChI=1S/C15H22O/c1-3-5-7-9-11-13-15(16)14-12-10-8-6-4-2/h3-10H2,1-2H3. The predicted octanol–water partition coefficient (Wildman–Crippen LogP) is 3.72. The van der Waals surface area contributed by atoms with Crippen LogP contribution in [0.4, 0.5) is 0 Å². The van der Waals surface area contributed by atoms with Crippen molar-refractivity contribution in [1.82, 2.24) is 0 Å². The summed E-state index contributed by atoms with van der Waals surface area (Å²) in [7, 11) is 0. The maximum Gasteiger partial charge on any atom is 0.279 e. The smallest absolute Gasteiger partial charge is 0.270 e. The minimum atomic E-state index is -0.229. The first-order valence-corrected chi connectivity index (χ1v) is 6.33.